The van der Waals surface area contributed by atoms with Crippen molar-refractivity contribution in [1.82, 2.24) is 20.0 Å². The SMILES string of the molecule is N=C(N)c1ccnnc1-n1cc(Br)cn1. The Bertz CT molecular complexity index is 505. The van der Waals surface area contributed by atoms with Crippen LogP contribution in [0.5, 0.6) is 0 Å². The summed E-state index contributed by atoms with van der Waals surface area (Å²) < 4.78 is 2.33. The quantitative estimate of drug-likeness (QED) is 0.619. The second-order valence-electron chi connectivity index (χ2n) is 2.79. The number of hydrogen-bond donors (Lipinski definition) is 2. The third kappa shape index (κ3) is 1.86. The van der Waals surface area contributed by atoms with E-state index in [1.54, 1.807) is 18.5 Å². The molecule has 0 fully saturated rings. The predicted molar refractivity (Wildman–Crippen MR) is 57.9 cm³/mol. The van der Waals surface area contributed by atoms with Crippen LogP contribution in [-0.2, 0) is 0 Å². The highest BCUT2D eigenvalue weighted by Crippen LogP contribution is 2.13. The lowest BCUT2D eigenvalue weighted by Crippen LogP contribution is -2.16. The molecule has 0 saturated heterocycles. The number of amidine groups is 1. The van der Waals surface area contributed by atoms with Gasteiger partial charge >= 0.3 is 0 Å². The Balaban J connectivity index is 2.57. The predicted octanol–water partition coefficient (Wildman–Crippen LogP) is 0.709. The molecule has 0 aromatic carbocycles. The van der Waals surface area contributed by atoms with E-state index in [0.29, 0.717) is 11.4 Å². The fourth-order valence-corrected chi connectivity index (χ4v) is 1.41. The van der Waals surface area contributed by atoms with Gasteiger partial charge in [-0.1, -0.05) is 0 Å². The van der Waals surface area contributed by atoms with Crippen molar-refractivity contribution in [3.8, 4) is 5.82 Å². The summed E-state index contributed by atoms with van der Waals surface area (Å²) in [5, 5.41) is 19.1. The van der Waals surface area contributed by atoms with Crippen molar-refractivity contribution in [2.75, 3.05) is 0 Å². The molecule has 2 heterocycles. The van der Waals surface area contributed by atoms with Gasteiger partial charge in [0.25, 0.3) is 0 Å². The van der Waals surface area contributed by atoms with Crippen LogP contribution in [0.4, 0.5) is 0 Å². The minimum atomic E-state index is -0.0634. The molecule has 0 bridgehead atoms. The highest BCUT2D eigenvalue weighted by atomic mass is 79.9. The topological polar surface area (TPSA) is 93.5 Å². The first-order valence-electron chi connectivity index (χ1n) is 4.05. The normalized spacial score (nSPS) is 10.2. The molecule has 0 amide bonds. The van der Waals surface area contributed by atoms with Gasteiger partial charge in [-0.25, -0.2) is 4.68 Å². The van der Waals surface area contributed by atoms with Crippen molar-refractivity contribution < 1.29 is 0 Å². The zero-order chi connectivity index (χ0) is 10.8. The smallest absolute Gasteiger partial charge is 0.186 e. The van der Waals surface area contributed by atoms with E-state index in [1.807, 2.05) is 0 Å². The minimum Gasteiger partial charge on any atom is -0.384 e. The number of nitrogen functional groups attached to an aromatic ring is 1. The van der Waals surface area contributed by atoms with Crippen LogP contribution >= 0.6 is 15.9 Å². The maximum Gasteiger partial charge on any atom is 0.186 e. The van der Waals surface area contributed by atoms with Crippen LogP contribution in [0.2, 0.25) is 0 Å². The Hall–Kier alpha value is -1.76. The third-order valence-electron chi connectivity index (χ3n) is 1.76. The molecule has 2 aromatic rings. The molecular weight excluding hydrogens is 260 g/mol. The molecule has 0 unspecified atom stereocenters. The average molecular weight is 267 g/mol. The summed E-state index contributed by atoms with van der Waals surface area (Å²) in [6.45, 7) is 0. The van der Waals surface area contributed by atoms with Gasteiger partial charge in [-0.05, 0) is 22.0 Å². The lowest BCUT2D eigenvalue weighted by atomic mass is 10.2. The van der Waals surface area contributed by atoms with Gasteiger partial charge in [0.15, 0.2) is 5.82 Å². The number of nitrogens with one attached hydrogen (secondary N) is 1. The maximum atomic E-state index is 7.39. The molecule has 0 radical (unpaired) electrons. The summed E-state index contributed by atoms with van der Waals surface area (Å²) in [5.74, 6) is 0.377. The zero-order valence-electron chi connectivity index (χ0n) is 7.55. The second-order valence-corrected chi connectivity index (χ2v) is 3.70. The van der Waals surface area contributed by atoms with E-state index in [0.717, 1.165) is 4.47 Å². The van der Waals surface area contributed by atoms with Crippen molar-refractivity contribution >= 4 is 21.8 Å². The van der Waals surface area contributed by atoms with E-state index in [1.165, 1.54) is 10.9 Å². The van der Waals surface area contributed by atoms with Gasteiger partial charge in [-0.3, -0.25) is 5.41 Å². The molecule has 2 rings (SSSR count). The largest absolute Gasteiger partial charge is 0.384 e. The van der Waals surface area contributed by atoms with Gasteiger partial charge in [-0.2, -0.15) is 10.2 Å². The van der Waals surface area contributed by atoms with Crippen LogP contribution in [0, 0.1) is 5.41 Å². The first-order valence-corrected chi connectivity index (χ1v) is 4.84. The Labute approximate surface area is 93.8 Å². The summed E-state index contributed by atoms with van der Waals surface area (Å²) in [6, 6.07) is 1.63. The standard InChI is InChI=1S/C8H7BrN6/c9-5-3-13-15(4-5)8-6(7(10)11)1-2-12-14-8/h1-4H,(H3,10,11). The second kappa shape index (κ2) is 3.77. The molecule has 0 spiro atoms. The molecule has 6 nitrogen and oxygen atoms in total. The molecular formula is C8H7BrN6. The van der Waals surface area contributed by atoms with E-state index in [2.05, 4.69) is 31.2 Å². The lowest BCUT2D eigenvalue weighted by molar-refractivity contribution is 0.811. The molecule has 0 aliphatic rings. The Morgan fingerprint density at radius 1 is 1.53 bits per heavy atom. The summed E-state index contributed by atoms with van der Waals surface area (Å²) in [6.07, 6.45) is 4.83. The molecule has 3 N–H and O–H groups in total. The average Bonchev–Trinajstić information content (AvgIpc) is 2.65. The molecule has 7 heteroatoms. The van der Waals surface area contributed by atoms with Gasteiger partial charge in [-0.15, -0.1) is 5.10 Å². The number of hydrogen-bond acceptors (Lipinski definition) is 4. The molecule has 0 saturated carbocycles. The highest BCUT2D eigenvalue weighted by molar-refractivity contribution is 9.10. The minimum absolute atomic E-state index is 0.0634. The van der Waals surface area contributed by atoms with E-state index in [9.17, 15) is 0 Å². The van der Waals surface area contributed by atoms with Gasteiger partial charge < -0.3 is 5.73 Å². The van der Waals surface area contributed by atoms with Crippen LogP contribution in [0.1, 0.15) is 5.56 Å². The molecule has 0 aliphatic carbocycles. The third-order valence-corrected chi connectivity index (χ3v) is 2.17. The van der Waals surface area contributed by atoms with E-state index < -0.39 is 0 Å². The number of rotatable bonds is 2. The van der Waals surface area contributed by atoms with Crippen LogP contribution in [0.15, 0.2) is 29.1 Å². The first-order chi connectivity index (χ1) is 7.18. The van der Waals surface area contributed by atoms with Crippen molar-refractivity contribution in [2.45, 2.75) is 0 Å². The monoisotopic (exact) mass is 266 g/mol. The Morgan fingerprint density at radius 3 is 2.93 bits per heavy atom. The van der Waals surface area contributed by atoms with Crippen molar-refractivity contribution in [3.05, 3.63) is 34.7 Å². The number of aromatic nitrogens is 4. The molecule has 2 aromatic heterocycles. The summed E-state index contributed by atoms with van der Waals surface area (Å²) in [5.41, 5.74) is 5.92. The van der Waals surface area contributed by atoms with E-state index in [-0.39, 0.29) is 5.84 Å². The highest BCUT2D eigenvalue weighted by Gasteiger charge is 2.09. The molecule has 76 valence electrons. The van der Waals surface area contributed by atoms with Gasteiger partial charge in [0.1, 0.15) is 5.84 Å². The first kappa shape index (κ1) is 9.78. The number of nitrogens with two attached hydrogens (primary N) is 1. The number of halogens is 1. The summed E-state index contributed by atoms with van der Waals surface area (Å²) in [4.78, 5) is 0. The molecule has 15 heavy (non-hydrogen) atoms. The van der Waals surface area contributed by atoms with Crippen molar-refractivity contribution in [3.63, 3.8) is 0 Å². The number of nitrogens with zero attached hydrogens (tertiary/aromatic N) is 4. The van der Waals surface area contributed by atoms with E-state index in [4.69, 9.17) is 11.1 Å². The van der Waals surface area contributed by atoms with Crippen molar-refractivity contribution in [2.24, 2.45) is 5.73 Å². The van der Waals surface area contributed by atoms with Crippen LogP contribution in [0.25, 0.3) is 5.82 Å². The Kier molecular flexibility index (Phi) is 2.46. The van der Waals surface area contributed by atoms with Gasteiger partial charge in [0.05, 0.1) is 22.4 Å². The summed E-state index contributed by atoms with van der Waals surface area (Å²) in [7, 11) is 0. The van der Waals surface area contributed by atoms with Crippen molar-refractivity contribution in [1.29, 1.82) is 5.41 Å². The van der Waals surface area contributed by atoms with Gasteiger partial charge in [0.2, 0.25) is 0 Å². The molecule has 0 atom stereocenters. The Morgan fingerprint density at radius 2 is 2.33 bits per heavy atom. The fraction of sp³-hybridized carbons (Fsp3) is 0. The fourth-order valence-electron chi connectivity index (χ4n) is 1.12. The lowest BCUT2D eigenvalue weighted by Gasteiger charge is -2.04. The van der Waals surface area contributed by atoms with Crippen LogP contribution in [0.3, 0.4) is 0 Å². The maximum absolute atomic E-state index is 7.39. The zero-order valence-corrected chi connectivity index (χ0v) is 9.14. The van der Waals surface area contributed by atoms with Crippen LogP contribution in [-0.4, -0.2) is 25.8 Å². The molecule has 0 aliphatic heterocycles. The van der Waals surface area contributed by atoms with Gasteiger partial charge in [0, 0.05) is 6.20 Å². The van der Waals surface area contributed by atoms with Crippen LogP contribution < -0.4 is 5.73 Å². The summed E-state index contributed by atoms with van der Waals surface area (Å²) >= 11 is 3.27. The van der Waals surface area contributed by atoms with E-state index >= 15 is 0 Å².